The average molecular weight is 210 g/mol. The molecule has 0 aromatic carbocycles. The fourth-order valence-electron chi connectivity index (χ4n) is 1.21. The summed E-state index contributed by atoms with van der Waals surface area (Å²) in [4.78, 5) is 11.4. The maximum Gasteiger partial charge on any atom is 0.315 e. The van der Waals surface area contributed by atoms with Gasteiger partial charge in [0.25, 0.3) is 0 Å². The van der Waals surface area contributed by atoms with Gasteiger partial charge in [-0.3, -0.25) is 5.10 Å². The Morgan fingerprint density at radius 2 is 2.47 bits per heavy atom. The van der Waals surface area contributed by atoms with Crippen LogP contribution in [0.2, 0.25) is 0 Å². The van der Waals surface area contributed by atoms with Crippen molar-refractivity contribution in [1.29, 1.82) is 0 Å². The second-order valence-corrected chi connectivity index (χ2v) is 3.51. The summed E-state index contributed by atoms with van der Waals surface area (Å²) in [6.45, 7) is 4.73. The molecule has 0 aliphatic rings. The molecule has 1 atom stereocenters. The number of hydrogen-bond donors (Lipinski definition) is 3. The minimum atomic E-state index is -0.128. The second-order valence-electron chi connectivity index (χ2n) is 3.51. The number of carbonyl (C=O) groups is 1. The van der Waals surface area contributed by atoms with Crippen molar-refractivity contribution < 1.29 is 4.79 Å². The van der Waals surface area contributed by atoms with Crippen LogP contribution in [0.25, 0.3) is 0 Å². The maximum atomic E-state index is 11.4. The van der Waals surface area contributed by atoms with Crippen LogP contribution in [0, 0.1) is 0 Å². The van der Waals surface area contributed by atoms with Crippen LogP contribution in [-0.4, -0.2) is 22.8 Å². The van der Waals surface area contributed by atoms with Crippen LogP contribution in [-0.2, 0) is 0 Å². The summed E-state index contributed by atoms with van der Waals surface area (Å²) in [6, 6.07) is -0.150. The van der Waals surface area contributed by atoms with Crippen LogP contribution in [0.1, 0.15) is 38.3 Å². The predicted molar refractivity (Wildman–Crippen MR) is 58.4 cm³/mol. The number of aromatic nitrogens is 2. The third-order valence-corrected chi connectivity index (χ3v) is 2.18. The van der Waals surface area contributed by atoms with Gasteiger partial charge in [-0.15, -0.1) is 0 Å². The molecular formula is C10H18N4O. The zero-order valence-corrected chi connectivity index (χ0v) is 9.21. The first-order chi connectivity index (χ1) is 7.24. The summed E-state index contributed by atoms with van der Waals surface area (Å²) >= 11 is 0. The van der Waals surface area contributed by atoms with Gasteiger partial charge in [0.15, 0.2) is 0 Å². The van der Waals surface area contributed by atoms with E-state index in [1.165, 1.54) is 0 Å². The molecule has 5 heteroatoms. The van der Waals surface area contributed by atoms with E-state index in [4.69, 9.17) is 0 Å². The van der Waals surface area contributed by atoms with Crippen LogP contribution in [0.15, 0.2) is 12.4 Å². The Bertz CT molecular complexity index is 284. The Morgan fingerprint density at radius 3 is 3.07 bits per heavy atom. The molecule has 0 unspecified atom stereocenters. The van der Waals surface area contributed by atoms with Gasteiger partial charge < -0.3 is 10.6 Å². The van der Waals surface area contributed by atoms with Gasteiger partial charge in [-0.25, -0.2) is 4.79 Å². The molecule has 0 bridgehead atoms. The smallest absolute Gasteiger partial charge is 0.315 e. The second kappa shape index (κ2) is 6.06. The molecular weight excluding hydrogens is 192 g/mol. The molecule has 0 saturated heterocycles. The van der Waals surface area contributed by atoms with Gasteiger partial charge in [0, 0.05) is 18.3 Å². The highest BCUT2D eigenvalue weighted by atomic mass is 16.2. The van der Waals surface area contributed by atoms with Crippen molar-refractivity contribution in [2.75, 3.05) is 6.54 Å². The summed E-state index contributed by atoms with van der Waals surface area (Å²) < 4.78 is 0. The van der Waals surface area contributed by atoms with E-state index in [1.54, 1.807) is 12.4 Å². The van der Waals surface area contributed by atoms with Crippen molar-refractivity contribution in [1.82, 2.24) is 20.8 Å². The van der Waals surface area contributed by atoms with Crippen molar-refractivity contribution in [2.24, 2.45) is 0 Å². The zero-order valence-electron chi connectivity index (χ0n) is 9.21. The third-order valence-electron chi connectivity index (χ3n) is 2.18. The monoisotopic (exact) mass is 210 g/mol. The summed E-state index contributed by atoms with van der Waals surface area (Å²) in [5.74, 6) is 0. The molecule has 1 rings (SSSR count). The van der Waals surface area contributed by atoms with Crippen LogP contribution in [0.4, 0.5) is 4.79 Å². The molecule has 0 aliphatic carbocycles. The van der Waals surface area contributed by atoms with Gasteiger partial charge in [0.1, 0.15) is 0 Å². The fraction of sp³-hybridized carbons (Fsp3) is 0.600. The van der Waals surface area contributed by atoms with Gasteiger partial charge >= 0.3 is 6.03 Å². The van der Waals surface area contributed by atoms with Crippen molar-refractivity contribution in [3.8, 4) is 0 Å². The van der Waals surface area contributed by atoms with Crippen molar-refractivity contribution in [3.63, 3.8) is 0 Å². The summed E-state index contributed by atoms with van der Waals surface area (Å²) in [5, 5.41) is 12.2. The number of nitrogens with one attached hydrogen (secondary N) is 3. The van der Waals surface area contributed by atoms with E-state index in [-0.39, 0.29) is 12.1 Å². The number of nitrogens with zero attached hydrogens (tertiary/aromatic N) is 1. The van der Waals surface area contributed by atoms with E-state index in [1.807, 2.05) is 6.92 Å². The molecule has 0 fully saturated rings. The molecule has 0 spiro atoms. The molecule has 0 radical (unpaired) electrons. The summed E-state index contributed by atoms with van der Waals surface area (Å²) in [5.41, 5.74) is 0.973. The number of hydrogen-bond acceptors (Lipinski definition) is 2. The Hall–Kier alpha value is -1.52. The quantitative estimate of drug-likeness (QED) is 0.646. The minimum absolute atomic E-state index is 0.0228. The fourth-order valence-corrected chi connectivity index (χ4v) is 1.21. The summed E-state index contributed by atoms with van der Waals surface area (Å²) in [7, 11) is 0. The van der Waals surface area contributed by atoms with E-state index < -0.39 is 0 Å². The number of urea groups is 1. The first kappa shape index (κ1) is 11.6. The lowest BCUT2D eigenvalue weighted by Crippen LogP contribution is -2.37. The molecule has 5 nitrogen and oxygen atoms in total. The normalized spacial score (nSPS) is 12.1. The van der Waals surface area contributed by atoms with E-state index in [0.717, 1.165) is 24.9 Å². The largest absolute Gasteiger partial charge is 0.338 e. The van der Waals surface area contributed by atoms with Crippen molar-refractivity contribution in [3.05, 3.63) is 18.0 Å². The Balaban J connectivity index is 2.26. The highest BCUT2D eigenvalue weighted by molar-refractivity contribution is 5.74. The zero-order chi connectivity index (χ0) is 11.1. The lowest BCUT2D eigenvalue weighted by atomic mass is 10.2. The average Bonchev–Trinajstić information content (AvgIpc) is 2.70. The number of carbonyl (C=O) groups excluding carboxylic acids is 1. The van der Waals surface area contributed by atoms with Gasteiger partial charge in [0.05, 0.1) is 12.2 Å². The van der Waals surface area contributed by atoms with Crippen LogP contribution < -0.4 is 10.6 Å². The molecule has 0 aliphatic heterocycles. The molecule has 0 saturated carbocycles. The predicted octanol–water partition coefficient (Wildman–Crippen LogP) is 1.57. The van der Waals surface area contributed by atoms with Gasteiger partial charge in [-0.05, 0) is 13.3 Å². The molecule has 3 N–H and O–H groups in total. The highest BCUT2D eigenvalue weighted by Gasteiger charge is 2.08. The molecule has 84 valence electrons. The number of aromatic amines is 1. The number of rotatable bonds is 5. The number of H-pyrrole nitrogens is 1. The minimum Gasteiger partial charge on any atom is -0.338 e. The van der Waals surface area contributed by atoms with Gasteiger partial charge in [-0.1, -0.05) is 13.3 Å². The lowest BCUT2D eigenvalue weighted by molar-refractivity contribution is 0.238. The Kier molecular flexibility index (Phi) is 4.66. The van der Waals surface area contributed by atoms with Gasteiger partial charge in [-0.2, -0.15) is 5.10 Å². The molecule has 15 heavy (non-hydrogen) atoms. The first-order valence-corrected chi connectivity index (χ1v) is 5.27. The molecule has 1 aromatic rings. The van der Waals surface area contributed by atoms with Gasteiger partial charge in [0.2, 0.25) is 0 Å². The van der Waals surface area contributed by atoms with E-state index >= 15 is 0 Å². The third kappa shape index (κ3) is 4.01. The van der Waals surface area contributed by atoms with Crippen LogP contribution >= 0.6 is 0 Å². The van der Waals surface area contributed by atoms with E-state index in [0.29, 0.717) is 0 Å². The van der Waals surface area contributed by atoms with Crippen LogP contribution in [0.3, 0.4) is 0 Å². The van der Waals surface area contributed by atoms with Crippen molar-refractivity contribution >= 4 is 6.03 Å². The standard InChI is InChI=1S/C10H18N4O/c1-3-4-5-11-10(15)14-8(2)9-6-12-13-7-9/h6-8H,3-5H2,1-2H3,(H,12,13)(H2,11,14,15)/t8-/m0/s1. The number of amides is 2. The number of unbranched alkanes of at least 4 members (excludes halogenated alkanes) is 1. The van der Waals surface area contributed by atoms with Crippen molar-refractivity contribution in [2.45, 2.75) is 32.7 Å². The molecule has 1 aromatic heterocycles. The first-order valence-electron chi connectivity index (χ1n) is 5.27. The topological polar surface area (TPSA) is 69.8 Å². The lowest BCUT2D eigenvalue weighted by Gasteiger charge is -2.12. The SMILES string of the molecule is CCCCNC(=O)N[C@@H](C)c1cn[nH]c1. The molecule has 2 amide bonds. The van der Waals surface area contributed by atoms with Crippen LogP contribution in [0.5, 0.6) is 0 Å². The highest BCUT2D eigenvalue weighted by Crippen LogP contribution is 2.08. The van der Waals surface area contributed by atoms with E-state index in [2.05, 4.69) is 27.8 Å². The summed E-state index contributed by atoms with van der Waals surface area (Å²) in [6.07, 6.45) is 5.57. The Labute approximate surface area is 89.6 Å². The Morgan fingerprint density at radius 1 is 1.67 bits per heavy atom. The molecule has 1 heterocycles. The van der Waals surface area contributed by atoms with E-state index in [9.17, 15) is 4.79 Å². The maximum absolute atomic E-state index is 11.4.